The molecule has 0 radical (unpaired) electrons. The number of benzene rings is 3. The van der Waals surface area contributed by atoms with Crippen molar-refractivity contribution in [1.29, 1.82) is 0 Å². The lowest BCUT2D eigenvalue weighted by Crippen LogP contribution is -2.38. The van der Waals surface area contributed by atoms with Crippen LogP contribution in [0.5, 0.6) is 0 Å². The quantitative estimate of drug-likeness (QED) is 0.460. The van der Waals surface area contributed by atoms with Gasteiger partial charge < -0.3 is 10.4 Å². The van der Waals surface area contributed by atoms with Gasteiger partial charge in [0.1, 0.15) is 11.2 Å². The van der Waals surface area contributed by atoms with Crippen LogP contribution in [0.15, 0.2) is 72.8 Å². The summed E-state index contributed by atoms with van der Waals surface area (Å²) in [6.07, 6.45) is 0. The van der Waals surface area contributed by atoms with Crippen molar-refractivity contribution in [3.05, 3.63) is 99.1 Å². The van der Waals surface area contributed by atoms with E-state index in [1.165, 1.54) is 18.2 Å². The van der Waals surface area contributed by atoms with E-state index >= 15 is 0 Å². The van der Waals surface area contributed by atoms with E-state index < -0.39 is 16.4 Å². The Bertz CT molecular complexity index is 1030. The normalized spacial score (nSPS) is 12.8. The van der Waals surface area contributed by atoms with E-state index in [-0.39, 0.29) is 22.8 Å². The number of nitro groups is 1. The van der Waals surface area contributed by atoms with Crippen LogP contribution < -0.4 is 5.32 Å². The van der Waals surface area contributed by atoms with E-state index in [4.69, 9.17) is 11.6 Å². The summed E-state index contributed by atoms with van der Waals surface area (Å²) in [5.74, 6) is -0.680. The second-order valence-corrected chi connectivity index (χ2v) is 7.25. The Hall–Kier alpha value is -3.22. The average molecular weight is 411 g/mol. The summed E-state index contributed by atoms with van der Waals surface area (Å²) in [4.78, 5) is 22.9. The third-order valence-corrected chi connectivity index (χ3v) is 4.84. The monoisotopic (exact) mass is 410 g/mol. The third kappa shape index (κ3) is 4.80. The first kappa shape index (κ1) is 20.5. The van der Waals surface area contributed by atoms with Crippen LogP contribution in [0.1, 0.15) is 22.8 Å². The molecule has 0 aliphatic carbocycles. The fraction of sp³-hybridized carbons (Fsp3) is 0.136. The fourth-order valence-corrected chi connectivity index (χ4v) is 3.12. The Labute approximate surface area is 172 Å². The Kier molecular flexibility index (Phi) is 5.96. The minimum Gasteiger partial charge on any atom is -0.384 e. The Balaban J connectivity index is 1.74. The highest BCUT2D eigenvalue weighted by atomic mass is 35.5. The van der Waals surface area contributed by atoms with E-state index in [0.717, 1.165) is 11.1 Å². The Morgan fingerprint density at radius 2 is 1.69 bits per heavy atom. The van der Waals surface area contributed by atoms with Gasteiger partial charge in [0.15, 0.2) is 0 Å². The van der Waals surface area contributed by atoms with Crippen LogP contribution in [0, 0.1) is 10.1 Å². The van der Waals surface area contributed by atoms with Crippen LogP contribution in [0.2, 0.25) is 5.02 Å². The molecule has 148 valence electrons. The number of nitrogens with one attached hydrogen (secondary N) is 1. The maximum atomic E-state index is 12.5. The van der Waals surface area contributed by atoms with Gasteiger partial charge in [0.25, 0.3) is 11.6 Å². The maximum absolute atomic E-state index is 12.5. The SMILES string of the molecule is CC(O)(CNC(=O)c1cc(Cl)ccc1[N+](=O)[O-])c1ccc(-c2ccccc2)cc1. The molecule has 0 aliphatic rings. The van der Waals surface area contributed by atoms with Gasteiger partial charge in [-0.15, -0.1) is 0 Å². The molecule has 0 saturated carbocycles. The van der Waals surface area contributed by atoms with Gasteiger partial charge in [-0.25, -0.2) is 0 Å². The molecule has 2 N–H and O–H groups in total. The number of carbonyl (C=O) groups is 1. The molecule has 0 bridgehead atoms. The first-order chi connectivity index (χ1) is 13.8. The second kappa shape index (κ2) is 8.43. The summed E-state index contributed by atoms with van der Waals surface area (Å²) in [6, 6.07) is 20.9. The molecule has 1 amide bonds. The molecule has 6 nitrogen and oxygen atoms in total. The Morgan fingerprint density at radius 1 is 1.07 bits per heavy atom. The molecule has 0 aromatic heterocycles. The van der Waals surface area contributed by atoms with Crippen LogP contribution in [0.25, 0.3) is 11.1 Å². The summed E-state index contributed by atoms with van der Waals surface area (Å²) in [5.41, 5.74) is 0.802. The van der Waals surface area contributed by atoms with Crippen molar-refractivity contribution < 1.29 is 14.8 Å². The predicted molar refractivity (Wildman–Crippen MR) is 112 cm³/mol. The molecule has 7 heteroatoms. The number of hydrogen-bond donors (Lipinski definition) is 2. The molecule has 29 heavy (non-hydrogen) atoms. The molecule has 0 saturated heterocycles. The van der Waals surface area contributed by atoms with Crippen molar-refractivity contribution in [1.82, 2.24) is 5.32 Å². The minimum atomic E-state index is -1.36. The summed E-state index contributed by atoms with van der Waals surface area (Å²) in [5, 5.41) is 24.7. The van der Waals surface area contributed by atoms with Gasteiger partial charge in [0.2, 0.25) is 0 Å². The van der Waals surface area contributed by atoms with Crippen LogP contribution in [0.3, 0.4) is 0 Å². The van der Waals surface area contributed by atoms with E-state index in [0.29, 0.717) is 5.56 Å². The van der Waals surface area contributed by atoms with Crippen LogP contribution in [0.4, 0.5) is 5.69 Å². The van der Waals surface area contributed by atoms with Gasteiger partial charge in [0.05, 0.1) is 11.5 Å². The molecule has 1 atom stereocenters. The van der Waals surface area contributed by atoms with E-state index in [2.05, 4.69) is 5.32 Å². The molecule has 0 aliphatic heterocycles. The van der Waals surface area contributed by atoms with E-state index in [9.17, 15) is 20.0 Å². The summed E-state index contributed by atoms with van der Waals surface area (Å²) in [7, 11) is 0. The topological polar surface area (TPSA) is 92.5 Å². The van der Waals surface area contributed by atoms with Gasteiger partial charge in [-0.2, -0.15) is 0 Å². The molecule has 0 heterocycles. The smallest absolute Gasteiger partial charge is 0.282 e. The van der Waals surface area contributed by atoms with Crippen molar-refractivity contribution in [2.45, 2.75) is 12.5 Å². The molecular formula is C22H19ClN2O4. The summed E-state index contributed by atoms with van der Waals surface area (Å²) in [6.45, 7) is 1.44. The zero-order valence-corrected chi connectivity index (χ0v) is 16.4. The van der Waals surface area contributed by atoms with Gasteiger partial charge in [0, 0.05) is 11.1 Å². The van der Waals surface area contributed by atoms with E-state index in [1.807, 2.05) is 42.5 Å². The molecule has 0 spiro atoms. The van der Waals surface area contributed by atoms with Gasteiger partial charge in [-0.3, -0.25) is 14.9 Å². The lowest BCUT2D eigenvalue weighted by atomic mass is 9.93. The zero-order valence-electron chi connectivity index (χ0n) is 15.6. The van der Waals surface area contributed by atoms with Gasteiger partial charge >= 0.3 is 0 Å². The van der Waals surface area contributed by atoms with E-state index in [1.54, 1.807) is 19.1 Å². The predicted octanol–water partition coefficient (Wildman–Crippen LogP) is 4.55. The second-order valence-electron chi connectivity index (χ2n) is 6.82. The van der Waals surface area contributed by atoms with Crippen molar-refractivity contribution in [2.75, 3.05) is 6.54 Å². The number of nitrogens with zero attached hydrogens (tertiary/aromatic N) is 1. The number of carbonyl (C=O) groups excluding carboxylic acids is 1. The first-order valence-electron chi connectivity index (χ1n) is 8.88. The van der Waals surface area contributed by atoms with Gasteiger partial charge in [-0.1, -0.05) is 66.2 Å². The van der Waals surface area contributed by atoms with Crippen LogP contribution in [-0.2, 0) is 5.60 Å². The molecular weight excluding hydrogens is 392 g/mol. The largest absolute Gasteiger partial charge is 0.384 e. The van der Waals surface area contributed by atoms with Gasteiger partial charge in [-0.05, 0) is 35.7 Å². The molecule has 1 unspecified atom stereocenters. The van der Waals surface area contributed by atoms with Crippen molar-refractivity contribution in [3.63, 3.8) is 0 Å². The standard InChI is InChI=1S/C22H19ClN2O4/c1-22(27,17-9-7-16(8-10-17)15-5-3-2-4-6-15)14-24-21(26)19-13-18(23)11-12-20(19)25(28)29/h2-13,27H,14H2,1H3,(H,24,26). The number of halogens is 1. The maximum Gasteiger partial charge on any atom is 0.282 e. The number of amides is 1. The molecule has 0 fully saturated rings. The highest BCUT2D eigenvalue weighted by molar-refractivity contribution is 6.31. The number of aliphatic hydroxyl groups is 1. The number of rotatable bonds is 6. The van der Waals surface area contributed by atoms with Crippen LogP contribution >= 0.6 is 11.6 Å². The fourth-order valence-electron chi connectivity index (χ4n) is 2.95. The lowest BCUT2D eigenvalue weighted by Gasteiger charge is -2.24. The summed E-state index contributed by atoms with van der Waals surface area (Å²) >= 11 is 5.86. The van der Waals surface area contributed by atoms with Crippen molar-refractivity contribution in [2.24, 2.45) is 0 Å². The first-order valence-corrected chi connectivity index (χ1v) is 9.26. The zero-order chi connectivity index (χ0) is 21.0. The molecule has 3 aromatic carbocycles. The molecule has 3 rings (SSSR count). The molecule has 3 aromatic rings. The van der Waals surface area contributed by atoms with Crippen molar-refractivity contribution >= 4 is 23.2 Å². The average Bonchev–Trinajstić information content (AvgIpc) is 2.72. The lowest BCUT2D eigenvalue weighted by molar-refractivity contribution is -0.385. The Morgan fingerprint density at radius 3 is 2.31 bits per heavy atom. The number of hydrogen-bond acceptors (Lipinski definition) is 4. The highest BCUT2D eigenvalue weighted by Gasteiger charge is 2.26. The highest BCUT2D eigenvalue weighted by Crippen LogP contribution is 2.26. The summed E-state index contributed by atoms with van der Waals surface area (Å²) < 4.78 is 0. The van der Waals surface area contributed by atoms with Crippen molar-refractivity contribution in [3.8, 4) is 11.1 Å². The number of nitro benzene ring substituents is 1. The van der Waals surface area contributed by atoms with Crippen LogP contribution in [-0.4, -0.2) is 22.5 Å². The third-order valence-electron chi connectivity index (χ3n) is 4.61. The minimum absolute atomic E-state index is 0.125.